The molecule has 1 aliphatic carbocycles. The van der Waals surface area contributed by atoms with Gasteiger partial charge < -0.3 is 5.11 Å². The molecule has 1 aromatic rings. The molecule has 1 aromatic carbocycles. The highest BCUT2D eigenvalue weighted by Crippen LogP contribution is 2.21. The molecule has 72 valence electrons. The van der Waals surface area contributed by atoms with E-state index in [2.05, 4.69) is 24.3 Å². The van der Waals surface area contributed by atoms with Gasteiger partial charge in [0.05, 0.1) is 0 Å². The van der Waals surface area contributed by atoms with Crippen LogP contribution in [0.4, 0.5) is 0 Å². The maximum absolute atomic E-state index is 10.4. The molecule has 14 heavy (non-hydrogen) atoms. The van der Waals surface area contributed by atoms with Gasteiger partial charge in [0, 0.05) is 6.42 Å². The van der Waals surface area contributed by atoms with E-state index in [4.69, 9.17) is 5.11 Å². The second kappa shape index (κ2) is 3.66. The lowest BCUT2D eigenvalue weighted by atomic mass is 10.0. The molecule has 0 saturated heterocycles. The Kier molecular flexibility index (Phi) is 2.35. The Morgan fingerprint density at radius 1 is 1.43 bits per heavy atom. The SMILES string of the molecule is O=C(O)CCc1ccc2c(c1)C=CC2. The van der Waals surface area contributed by atoms with Gasteiger partial charge in [0.15, 0.2) is 0 Å². The summed E-state index contributed by atoms with van der Waals surface area (Å²) >= 11 is 0. The fourth-order valence-corrected chi connectivity index (χ4v) is 1.71. The highest BCUT2D eigenvalue weighted by Gasteiger charge is 2.06. The fourth-order valence-electron chi connectivity index (χ4n) is 1.71. The predicted octanol–water partition coefficient (Wildman–Crippen LogP) is 2.27. The molecular formula is C12H12O2. The van der Waals surface area contributed by atoms with Gasteiger partial charge in [0.25, 0.3) is 0 Å². The Bertz CT molecular complexity index is 391. The van der Waals surface area contributed by atoms with Gasteiger partial charge in [0.1, 0.15) is 0 Å². The van der Waals surface area contributed by atoms with E-state index in [1.54, 1.807) is 0 Å². The van der Waals surface area contributed by atoms with Crippen molar-refractivity contribution in [3.63, 3.8) is 0 Å². The summed E-state index contributed by atoms with van der Waals surface area (Å²) in [7, 11) is 0. The van der Waals surface area contributed by atoms with Gasteiger partial charge in [-0.05, 0) is 29.5 Å². The zero-order chi connectivity index (χ0) is 9.97. The predicted molar refractivity (Wildman–Crippen MR) is 55.1 cm³/mol. The zero-order valence-electron chi connectivity index (χ0n) is 7.86. The number of hydrogen-bond donors (Lipinski definition) is 1. The lowest BCUT2D eigenvalue weighted by Crippen LogP contribution is -1.97. The molecule has 2 nitrogen and oxygen atoms in total. The Labute approximate surface area is 82.9 Å². The van der Waals surface area contributed by atoms with Crippen molar-refractivity contribution in [2.24, 2.45) is 0 Å². The molecule has 1 aliphatic rings. The van der Waals surface area contributed by atoms with Crippen molar-refractivity contribution in [1.82, 2.24) is 0 Å². The number of carboxylic acid groups (broad SMARTS) is 1. The van der Waals surface area contributed by atoms with Crippen LogP contribution in [-0.4, -0.2) is 11.1 Å². The van der Waals surface area contributed by atoms with Crippen LogP contribution in [0.15, 0.2) is 24.3 Å². The summed E-state index contributed by atoms with van der Waals surface area (Å²) in [5, 5.41) is 8.55. The smallest absolute Gasteiger partial charge is 0.303 e. The maximum Gasteiger partial charge on any atom is 0.303 e. The minimum atomic E-state index is -0.735. The van der Waals surface area contributed by atoms with Crippen LogP contribution in [0.25, 0.3) is 6.08 Å². The van der Waals surface area contributed by atoms with Crippen LogP contribution >= 0.6 is 0 Å². The van der Waals surface area contributed by atoms with Crippen LogP contribution in [0.2, 0.25) is 0 Å². The molecule has 0 fully saturated rings. The van der Waals surface area contributed by atoms with Crippen molar-refractivity contribution in [2.45, 2.75) is 19.3 Å². The maximum atomic E-state index is 10.4. The number of benzene rings is 1. The third-order valence-corrected chi connectivity index (χ3v) is 2.47. The van der Waals surface area contributed by atoms with Crippen molar-refractivity contribution < 1.29 is 9.90 Å². The molecule has 0 unspecified atom stereocenters. The first-order chi connectivity index (χ1) is 6.75. The third-order valence-electron chi connectivity index (χ3n) is 2.47. The van der Waals surface area contributed by atoms with Crippen LogP contribution in [0.1, 0.15) is 23.1 Å². The Balaban J connectivity index is 2.12. The summed E-state index contributed by atoms with van der Waals surface area (Å²) in [6.45, 7) is 0. The fraction of sp³-hybridized carbons (Fsp3) is 0.250. The molecule has 1 N–H and O–H groups in total. The molecular weight excluding hydrogens is 176 g/mol. The van der Waals surface area contributed by atoms with Crippen molar-refractivity contribution in [3.05, 3.63) is 41.0 Å². The molecule has 0 saturated carbocycles. The van der Waals surface area contributed by atoms with E-state index >= 15 is 0 Å². The molecule has 0 heterocycles. The van der Waals surface area contributed by atoms with E-state index in [0.29, 0.717) is 6.42 Å². The minimum absolute atomic E-state index is 0.211. The summed E-state index contributed by atoms with van der Waals surface area (Å²) in [6.07, 6.45) is 6.07. The van der Waals surface area contributed by atoms with E-state index in [9.17, 15) is 4.79 Å². The number of hydrogen-bond acceptors (Lipinski definition) is 1. The molecule has 0 spiro atoms. The minimum Gasteiger partial charge on any atom is -0.481 e. The molecule has 2 heteroatoms. The summed E-state index contributed by atoms with van der Waals surface area (Å²) < 4.78 is 0. The van der Waals surface area contributed by atoms with Gasteiger partial charge in [-0.25, -0.2) is 0 Å². The third kappa shape index (κ3) is 1.84. The second-order valence-electron chi connectivity index (χ2n) is 3.53. The number of rotatable bonds is 3. The molecule has 0 atom stereocenters. The van der Waals surface area contributed by atoms with E-state index < -0.39 is 5.97 Å². The van der Waals surface area contributed by atoms with Crippen LogP contribution in [0, 0.1) is 0 Å². The molecule has 0 radical (unpaired) electrons. The summed E-state index contributed by atoms with van der Waals surface area (Å²) in [6, 6.07) is 6.20. The molecule has 0 bridgehead atoms. The average Bonchev–Trinajstić information content (AvgIpc) is 2.61. The van der Waals surface area contributed by atoms with Crippen molar-refractivity contribution >= 4 is 12.0 Å². The van der Waals surface area contributed by atoms with Gasteiger partial charge >= 0.3 is 5.97 Å². The number of fused-ring (bicyclic) bond motifs is 1. The highest BCUT2D eigenvalue weighted by molar-refractivity contribution is 5.67. The number of allylic oxidation sites excluding steroid dienone is 1. The summed E-state index contributed by atoms with van der Waals surface area (Å²) in [4.78, 5) is 10.4. The molecule has 0 aromatic heterocycles. The monoisotopic (exact) mass is 188 g/mol. The first kappa shape index (κ1) is 9.00. The van der Waals surface area contributed by atoms with E-state index in [0.717, 1.165) is 12.0 Å². The average molecular weight is 188 g/mol. The molecule has 0 aliphatic heterocycles. The Morgan fingerprint density at radius 2 is 2.29 bits per heavy atom. The summed E-state index contributed by atoms with van der Waals surface area (Å²) in [5.74, 6) is -0.735. The first-order valence-corrected chi connectivity index (χ1v) is 4.76. The zero-order valence-corrected chi connectivity index (χ0v) is 7.86. The van der Waals surface area contributed by atoms with Crippen LogP contribution in [-0.2, 0) is 17.6 Å². The second-order valence-corrected chi connectivity index (χ2v) is 3.53. The topological polar surface area (TPSA) is 37.3 Å². The van der Waals surface area contributed by atoms with Crippen molar-refractivity contribution in [3.8, 4) is 0 Å². The highest BCUT2D eigenvalue weighted by atomic mass is 16.4. The Hall–Kier alpha value is -1.57. The van der Waals surface area contributed by atoms with Gasteiger partial charge in [-0.3, -0.25) is 4.79 Å². The van der Waals surface area contributed by atoms with Crippen LogP contribution in [0.3, 0.4) is 0 Å². The van der Waals surface area contributed by atoms with Gasteiger partial charge in [-0.15, -0.1) is 0 Å². The van der Waals surface area contributed by atoms with Crippen LogP contribution in [0.5, 0.6) is 0 Å². The quantitative estimate of drug-likeness (QED) is 0.790. The number of carbonyl (C=O) groups is 1. The normalized spacial score (nSPS) is 12.9. The summed E-state index contributed by atoms with van der Waals surface area (Å²) in [5.41, 5.74) is 3.69. The molecule has 0 amide bonds. The van der Waals surface area contributed by atoms with Crippen molar-refractivity contribution in [1.29, 1.82) is 0 Å². The lowest BCUT2D eigenvalue weighted by Gasteiger charge is -2.02. The van der Waals surface area contributed by atoms with Gasteiger partial charge in [-0.1, -0.05) is 30.4 Å². The van der Waals surface area contributed by atoms with E-state index in [1.165, 1.54) is 11.1 Å². The number of aryl methyl sites for hydroxylation is 1. The number of carboxylic acids is 1. The number of aliphatic carboxylic acids is 1. The van der Waals surface area contributed by atoms with Crippen LogP contribution < -0.4 is 0 Å². The van der Waals surface area contributed by atoms with Gasteiger partial charge in [-0.2, -0.15) is 0 Å². The van der Waals surface area contributed by atoms with E-state index in [1.807, 2.05) is 6.07 Å². The molecule has 2 rings (SSSR count). The van der Waals surface area contributed by atoms with E-state index in [-0.39, 0.29) is 6.42 Å². The van der Waals surface area contributed by atoms with Crippen molar-refractivity contribution in [2.75, 3.05) is 0 Å². The lowest BCUT2D eigenvalue weighted by molar-refractivity contribution is -0.136. The Morgan fingerprint density at radius 3 is 3.07 bits per heavy atom. The van der Waals surface area contributed by atoms with Gasteiger partial charge in [0.2, 0.25) is 0 Å². The first-order valence-electron chi connectivity index (χ1n) is 4.76. The largest absolute Gasteiger partial charge is 0.481 e. The standard InChI is InChI=1S/C12H12O2/c13-12(14)7-5-9-4-6-10-2-1-3-11(10)8-9/h1,3-4,6,8H,2,5,7H2,(H,13,14).